The molecule has 17 heavy (non-hydrogen) atoms. The molecule has 0 saturated heterocycles. The molecule has 1 aromatic carbocycles. The summed E-state index contributed by atoms with van der Waals surface area (Å²) < 4.78 is 10.7. The van der Waals surface area contributed by atoms with Gasteiger partial charge in [0.25, 0.3) is 0 Å². The Morgan fingerprint density at radius 2 is 2.06 bits per heavy atom. The van der Waals surface area contributed by atoms with Crippen molar-refractivity contribution in [3.05, 3.63) is 29.8 Å². The molecule has 0 bridgehead atoms. The highest BCUT2D eigenvalue weighted by Gasteiger charge is 2.21. The predicted octanol–water partition coefficient (Wildman–Crippen LogP) is 2.63. The van der Waals surface area contributed by atoms with E-state index in [4.69, 9.17) is 9.47 Å². The van der Waals surface area contributed by atoms with Crippen LogP contribution in [0.15, 0.2) is 24.3 Å². The van der Waals surface area contributed by atoms with Crippen molar-refractivity contribution in [2.45, 2.75) is 25.4 Å². The minimum Gasteiger partial charge on any atom is -0.493 e. The Kier molecular flexibility index (Phi) is 3.69. The van der Waals surface area contributed by atoms with Crippen LogP contribution in [-0.4, -0.2) is 25.4 Å². The molecule has 0 saturated carbocycles. The van der Waals surface area contributed by atoms with Gasteiger partial charge in [0, 0.05) is 5.56 Å². The summed E-state index contributed by atoms with van der Waals surface area (Å²) in [6.45, 7) is 0. The van der Waals surface area contributed by atoms with Gasteiger partial charge in [0.15, 0.2) is 11.5 Å². The van der Waals surface area contributed by atoms with Crippen LogP contribution in [0.2, 0.25) is 0 Å². The minimum absolute atomic E-state index is 0.398. The Morgan fingerprint density at radius 3 is 2.71 bits per heavy atom. The van der Waals surface area contributed by atoms with Gasteiger partial charge in [-0.3, -0.25) is 0 Å². The average Bonchev–Trinajstić information content (AvgIpc) is 2.38. The van der Waals surface area contributed by atoms with E-state index in [1.54, 1.807) is 14.2 Å². The zero-order valence-corrected chi connectivity index (χ0v) is 10.3. The quantitative estimate of drug-likeness (QED) is 0.873. The van der Waals surface area contributed by atoms with Gasteiger partial charge < -0.3 is 14.6 Å². The first-order valence-electron chi connectivity index (χ1n) is 5.87. The van der Waals surface area contributed by atoms with Crippen molar-refractivity contribution in [1.29, 1.82) is 0 Å². The maximum atomic E-state index is 10.0. The van der Waals surface area contributed by atoms with Gasteiger partial charge in [0.1, 0.15) is 0 Å². The lowest BCUT2D eigenvalue weighted by atomic mass is 9.90. The topological polar surface area (TPSA) is 38.7 Å². The maximum absolute atomic E-state index is 10.0. The number of methoxy groups -OCH3 is 2. The molecule has 3 heteroatoms. The van der Waals surface area contributed by atoms with E-state index in [2.05, 4.69) is 6.08 Å². The van der Waals surface area contributed by atoms with Gasteiger partial charge in [0.05, 0.1) is 20.3 Å². The molecular formula is C14H18O3. The van der Waals surface area contributed by atoms with E-state index in [1.165, 1.54) is 0 Å². The van der Waals surface area contributed by atoms with Gasteiger partial charge in [-0.05, 0) is 30.9 Å². The first-order chi connectivity index (χ1) is 8.27. The van der Waals surface area contributed by atoms with Crippen molar-refractivity contribution in [2.24, 2.45) is 0 Å². The molecule has 1 aromatic rings. The second-order valence-electron chi connectivity index (χ2n) is 4.15. The van der Waals surface area contributed by atoms with E-state index < -0.39 is 6.10 Å². The number of aliphatic hydroxyl groups excluding tert-OH is 1. The molecule has 2 rings (SSSR count). The zero-order valence-electron chi connectivity index (χ0n) is 10.3. The van der Waals surface area contributed by atoms with Crippen molar-refractivity contribution in [3.63, 3.8) is 0 Å². The van der Waals surface area contributed by atoms with Crippen LogP contribution >= 0.6 is 0 Å². The highest BCUT2D eigenvalue weighted by Crippen LogP contribution is 2.38. The van der Waals surface area contributed by atoms with Crippen LogP contribution in [0.3, 0.4) is 0 Å². The van der Waals surface area contributed by atoms with E-state index >= 15 is 0 Å². The molecule has 0 unspecified atom stereocenters. The average molecular weight is 234 g/mol. The molecule has 0 aromatic heterocycles. The fourth-order valence-corrected chi connectivity index (χ4v) is 2.26. The van der Waals surface area contributed by atoms with Crippen molar-refractivity contribution in [3.8, 4) is 11.5 Å². The van der Waals surface area contributed by atoms with Crippen LogP contribution < -0.4 is 9.47 Å². The van der Waals surface area contributed by atoms with Crippen LogP contribution in [0, 0.1) is 0 Å². The Morgan fingerprint density at radius 1 is 1.24 bits per heavy atom. The van der Waals surface area contributed by atoms with Gasteiger partial charge >= 0.3 is 0 Å². The van der Waals surface area contributed by atoms with Crippen molar-refractivity contribution in [1.82, 2.24) is 0 Å². The molecule has 0 heterocycles. The fraction of sp³-hybridized carbons (Fsp3) is 0.429. The summed E-state index contributed by atoms with van der Waals surface area (Å²) in [5.74, 6) is 1.39. The van der Waals surface area contributed by atoms with E-state index in [0.717, 1.165) is 30.4 Å². The molecule has 3 nitrogen and oxygen atoms in total. The third-order valence-corrected chi connectivity index (χ3v) is 3.12. The van der Waals surface area contributed by atoms with E-state index in [9.17, 15) is 5.11 Å². The summed E-state index contributed by atoms with van der Waals surface area (Å²) in [5, 5.41) is 10.0. The van der Waals surface area contributed by atoms with Gasteiger partial charge in [-0.2, -0.15) is 0 Å². The molecule has 0 radical (unpaired) electrons. The largest absolute Gasteiger partial charge is 0.493 e. The standard InChI is InChI=1S/C14H18O3/c1-16-13-9-5-7-11(14(13)17-2)10-6-3-4-8-12(10)15/h5-7,9,12,15H,3-4,8H2,1-2H3/t12-/m1/s1. The first-order valence-corrected chi connectivity index (χ1v) is 5.87. The Bertz CT molecular complexity index is 423. The predicted molar refractivity (Wildman–Crippen MR) is 67.4 cm³/mol. The number of allylic oxidation sites excluding steroid dienone is 1. The smallest absolute Gasteiger partial charge is 0.168 e. The molecule has 1 N–H and O–H groups in total. The van der Waals surface area contributed by atoms with Crippen molar-refractivity contribution < 1.29 is 14.6 Å². The minimum atomic E-state index is -0.398. The molecule has 0 amide bonds. The third-order valence-electron chi connectivity index (χ3n) is 3.12. The second kappa shape index (κ2) is 5.23. The number of hydrogen-bond acceptors (Lipinski definition) is 3. The van der Waals surface area contributed by atoms with Crippen LogP contribution in [-0.2, 0) is 0 Å². The Balaban J connectivity index is 2.47. The van der Waals surface area contributed by atoms with Gasteiger partial charge in [-0.1, -0.05) is 18.2 Å². The lowest BCUT2D eigenvalue weighted by Gasteiger charge is -2.22. The summed E-state index contributed by atoms with van der Waals surface area (Å²) >= 11 is 0. The molecule has 1 aliphatic carbocycles. The van der Waals surface area contributed by atoms with E-state index in [1.807, 2.05) is 18.2 Å². The van der Waals surface area contributed by atoms with Crippen molar-refractivity contribution >= 4 is 5.57 Å². The molecule has 1 aliphatic rings. The number of aliphatic hydroxyl groups is 1. The maximum Gasteiger partial charge on any atom is 0.168 e. The molecule has 92 valence electrons. The Hall–Kier alpha value is -1.48. The fourth-order valence-electron chi connectivity index (χ4n) is 2.26. The normalized spacial score (nSPS) is 19.7. The van der Waals surface area contributed by atoms with Crippen LogP contribution in [0.25, 0.3) is 5.57 Å². The number of hydrogen-bond donors (Lipinski definition) is 1. The first kappa shape index (κ1) is 12.0. The van der Waals surface area contributed by atoms with Gasteiger partial charge in [-0.15, -0.1) is 0 Å². The van der Waals surface area contributed by atoms with Gasteiger partial charge in [-0.25, -0.2) is 0 Å². The number of ether oxygens (including phenoxy) is 2. The summed E-state index contributed by atoms with van der Waals surface area (Å²) in [6.07, 6.45) is 4.55. The molecule has 1 atom stereocenters. The zero-order chi connectivity index (χ0) is 12.3. The van der Waals surface area contributed by atoms with E-state index in [0.29, 0.717) is 11.5 Å². The highest BCUT2D eigenvalue weighted by molar-refractivity contribution is 5.76. The SMILES string of the molecule is COc1cccc(C2=CCCC[C@H]2O)c1OC. The summed E-state index contributed by atoms with van der Waals surface area (Å²) in [5.41, 5.74) is 1.88. The summed E-state index contributed by atoms with van der Waals surface area (Å²) in [4.78, 5) is 0. The monoisotopic (exact) mass is 234 g/mol. The lowest BCUT2D eigenvalue weighted by Crippen LogP contribution is -2.13. The summed E-state index contributed by atoms with van der Waals surface area (Å²) in [6, 6.07) is 5.73. The molecule has 0 aliphatic heterocycles. The van der Waals surface area contributed by atoms with Crippen LogP contribution in [0.4, 0.5) is 0 Å². The van der Waals surface area contributed by atoms with E-state index in [-0.39, 0.29) is 0 Å². The Labute approximate surface area is 102 Å². The van der Waals surface area contributed by atoms with Crippen molar-refractivity contribution in [2.75, 3.05) is 14.2 Å². The number of rotatable bonds is 3. The molecule has 0 fully saturated rings. The number of benzene rings is 1. The highest BCUT2D eigenvalue weighted by atomic mass is 16.5. The molecular weight excluding hydrogens is 216 g/mol. The van der Waals surface area contributed by atoms with Gasteiger partial charge in [0.2, 0.25) is 0 Å². The molecule has 0 spiro atoms. The van der Waals surface area contributed by atoms with Crippen LogP contribution in [0.5, 0.6) is 11.5 Å². The third kappa shape index (κ3) is 2.29. The summed E-state index contributed by atoms with van der Waals surface area (Å²) in [7, 11) is 3.24. The second-order valence-corrected chi connectivity index (χ2v) is 4.15. The van der Waals surface area contributed by atoms with Crippen LogP contribution in [0.1, 0.15) is 24.8 Å². The number of para-hydroxylation sites is 1. The lowest BCUT2D eigenvalue weighted by molar-refractivity contribution is 0.213.